The van der Waals surface area contributed by atoms with E-state index in [1.54, 1.807) is 38.5 Å². The van der Waals surface area contributed by atoms with Crippen LogP contribution in [0, 0.1) is 0 Å². The summed E-state index contributed by atoms with van der Waals surface area (Å²) in [6.45, 7) is 0. The van der Waals surface area contributed by atoms with Crippen LogP contribution in [0.25, 0.3) is 0 Å². The van der Waals surface area contributed by atoms with Crippen molar-refractivity contribution in [2.24, 2.45) is 0 Å². The van der Waals surface area contributed by atoms with E-state index < -0.39 is 11.5 Å². The molecule has 1 amide bonds. The van der Waals surface area contributed by atoms with Crippen LogP contribution >= 0.6 is 0 Å². The first kappa shape index (κ1) is 20.4. The minimum absolute atomic E-state index is 0.0412. The summed E-state index contributed by atoms with van der Waals surface area (Å²) < 4.78 is 10.3. The van der Waals surface area contributed by atoms with Crippen molar-refractivity contribution in [1.29, 1.82) is 0 Å². The molecule has 0 saturated heterocycles. The molecule has 1 aliphatic rings. The predicted molar refractivity (Wildman–Crippen MR) is 116 cm³/mol. The summed E-state index contributed by atoms with van der Waals surface area (Å²) in [7, 11) is 3.15. The van der Waals surface area contributed by atoms with Gasteiger partial charge in [-0.15, -0.1) is 0 Å². The number of H-pyrrole nitrogens is 1. The number of hydrogen-bond donors (Lipinski definition) is 2. The van der Waals surface area contributed by atoms with Gasteiger partial charge < -0.3 is 19.8 Å². The van der Waals surface area contributed by atoms with Crippen molar-refractivity contribution < 1.29 is 19.1 Å². The van der Waals surface area contributed by atoms with Gasteiger partial charge in [-0.05, 0) is 60.4 Å². The Bertz CT molecular complexity index is 1180. The van der Waals surface area contributed by atoms with Gasteiger partial charge in [0.05, 0.1) is 14.2 Å². The molecule has 0 unspecified atom stereocenters. The highest BCUT2D eigenvalue weighted by Crippen LogP contribution is 2.32. The lowest BCUT2D eigenvalue weighted by Crippen LogP contribution is -2.29. The molecule has 0 fully saturated rings. The van der Waals surface area contributed by atoms with Gasteiger partial charge in [-0.1, -0.05) is 12.1 Å². The van der Waals surface area contributed by atoms with Gasteiger partial charge in [0.15, 0.2) is 5.78 Å². The van der Waals surface area contributed by atoms with Gasteiger partial charge in [-0.3, -0.25) is 14.4 Å². The van der Waals surface area contributed by atoms with Gasteiger partial charge in [0, 0.05) is 23.4 Å². The molecule has 2 N–H and O–H groups in total. The van der Waals surface area contributed by atoms with Gasteiger partial charge in [-0.2, -0.15) is 0 Å². The molecule has 2 aromatic carbocycles. The number of ether oxygens (including phenoxy) is 2. The molecular formula is C24H22N2O5. The number of ketones is 1. The molecule has 158 valence electrons. The van der Waals surface area contributed by atoms with E-state index in [4.69, 9.17) is 9.47 Å². The van der Waals surface area contributed by atoms with E-state index >= 15 is 0 Å². The molecule has 0 radical (unpaired) electrons. The van der Waals surface area contributed by atoms with Gasteiger partial charge in [0.25, 0.3) is 11.5 Å². The zero-order valence-corrected chi connectivity index (χ0v) is 17.2. The Morgan fingerprint density at radius 2 is 1.55 bits per heavy atom. The zero-order valence-electron chi connectivity index (χ0n) is 17.2. The number of carbonyl (C=O) groups excluding carboxylic acids is 2. The number of aromatic amines is 1. The Labute approximate surface area is 179 Å². The number of nitrogens with one attached hydrogen (secondary N) is 2. The van der Waals surface area contributed by atoms with Crippen LogP contribution in [0.1, 0.15) is 44.3 Å². The first-order valence-corrected chi connectivity index (χ1v) is 9.87. The Morgan fingerprint density at radius 1 is 0.935 bits per heavy atom. The number of Topliss-reactive ketones (excluding diaryl/α,β-unsaturated/α-hetero) is 1. The highest BCUT2D eigenvalue weighted by atomic mass is 16.5. The maximum absolute atomic E-state index is 12.8. The fourth-order valence-electron chi connectivity index (χ4n) is 3.78. The summed E-state index contributed by atoms with van der Waals surface area (Å²) in [6.07, 6.45) is 0.827. The lowest BCUT2D eigenvalue weighted by atomic mass is 9.81. The van der Waals surface area contributed by atoms with E-state index in [0.29, 0.717) is 35.5 Å². The molecule has 0 spiro atoms. The van der Waals surface area contributed by atoms with E-state index in [0.717, 1.165) is 11.3 Å². The van der Waals surface area contributed by atoms with Crippen LogP contribution in [0.15, 0.2) is 59.4 Å². The fourth-order valence-corrected chi connectivity index (χ4v) is 3.78. The van der Waals surface area contributed by atoms with Crippen molar-refractivity contribution in [2.75, 3.05) is 19.5 Å². The topological polar surface area (TPSA) is 97.5 Å². The van der Waals surface area contributed by atoms with Crippen LogP contribution in [0.2, 0.25) is 0 Å². The number of rotatable bonds is 5. The van der Waals surface area contributed by atoms with Crippen LogP contribution < -0.4 is 20.3 Å². The monoisotopic (exact) mass is 418 g/mol. The van der Waals surface area contributed by atoms with Crippen LogP contribution in [0.4, 0.5) is 5.69 Å². The Hall–Kier alpha value is -3.87. The Balaban J connectivity index is 1.57. The van der Waals surface area contributed by atoms with E-state index in [9.17, 15) is 14.4 Å². The van der Waals surface area contributed by atoms with E-state index in [2.05, 4.69) is 10.3 Å². The second-order valence-corrected chi connectivity index (χ2v) is 7.39. The number of pyridine rings is 1. The summed E-state index contributed by atoms with van der Waals surface area (Å²) in [4.78, 5) is 40.8. The number of methoxy groups -OCH3 is 2. The third-order valence-electron chi connectivity index (χ3n) is 5.49. The van der Waals surface area contributed by atoms with Crippen molar-refractivity contribution >= 4 is 17.4 Å². The summed E-state index contributed by atoms with van der Waals surface area (Å²) in [5.41, 5.74) is 1.86. The maximum Gasteiger partial charge on any atom is 0.261 e. The first-order valence-electron chi connectivity index (χ1n) is 9.87. The molecule has 3 aromatic rings. The van der Waals surface area contributed by atoms with Crippen molar-refractivity contribution in [3.8, 4) is 11.5 Å². The van der Waals surface area contributed by atoms with Crippen molar-refractivity contribution in [3.63, 3.8) is 0 Å². The molecule has 4 rings (SSSR count). The average molecular weight is 418 g/mol. The zero-order chi connectivity index (χ0) is 22.0. The van der Waals surface area contributed by atoms with E-state index in [1.807, 2.05) is 24.3 Å². The number of hydrogen-bond acceptors (Lipinski definition) is 5. The van der Waals surface area contributed by atoms with Gasteiger partial charge in [0.2, 0.25) is 0 Å². The second-order valence-electron chi connectivity index (χ2n) is 7.39. The molecule has 0 saturated carbocycles. The maximum atomic E-state index is 12.8. The normalized spacial score (nSPS) is 15.2. The Morgan fingerprint density at radius 3 is 2.16 bits per heavy atom. The minimum atomic E-state index is -0.570. The molecule has 31 heavy (non-hydrogen) atoms. The highest BCUT2D eigenvalue weighted by Gasteiger charge is 2.29. The van der Waals surface area contributed by atoms with Crippen LogP contribution in [-0.4, -0.2) is 30.9 Å². The smallest absolute Gasteiger partial charge is 0.261 e. The lowest BCUT2D eigenvalue weighted by molar-refractivity contribution is 0.0963. The van der Waals surface area contributed by atoms with Crippen molar-refractivity contribution in [2.45, 2.75) is 18.8 Å². The standard InChI is InChI=1S/C24H22N2O5/c1-30-17-7-3-14(4-8-17)15-11-21-19(22(27)12-15)13-20(24(29)26-21)23(28)25-16-5-9-18(31-2)10-6-16/h3-10,13,15H,11-12H2,1-2H3,(H,25,28)(H,26,29)/t15-/m1/s1. The predicted octanol–water partition coefficient (Wildman–Crippen LogP) is 3.56. The first-order chi connectivity index (χ1) is 15.0. The molecular weight excluding hydrogens is 396 g/mol. The minimum Gasteiger partial charge on any atom is -0.497 e. The summed E-state index contributed by atoms with van der Waals surface area (Å²) in [5, 5.41) is 2.68. The van der Waals surface area contributed by atoms with E-state index in [1.165, 1.54) is 6.07 Å². The highest BCUT2D eigenvalue weighted by molar-refractivity contribution is 6.06. The molecule has 0 bridgehead atoms. The van der Waals surface area contributed by atoms with Gasteiger partial charge >= 0.3 is 0 Å². The molecule has 7 heteroatoms. The molecule has 1 aromatic heterocycles. The van der Waals surface area contributed by atoms with E-state index in [-0.39, 0.29) is 17.3 Å². The molecule has 0 aliphatic heterocycles. The molecule has 1 heterocycles. The summed E-state index contributed by atoms with van der Waals surface area (Å²) >= 11 is 0. The third kappa shape index (κ3) is 4.21. The quantitative estimate of drug-likeness (QED) is 0.660. The average Bonchev–Trinajstić information content (AvgIpc) is 2.79. The molecule has 1 atom stereocenters. The summed E-state index contributed by atoms with van der Waals surface area (Å²) in [6, 6.07) is 15.7. The van der Waals surface area contributed by atoms with Crippen molar-refractivity contribution in [3.05, 3.63) is 87.3 Å². The number of amides is 1. The number of benzene rings is 2. The fraction of sp³-hybridized carbons (Fsp3) is 0.208. The number of carbonyl (C=O) groups is 2. The number of aromatic nitrogens is 1. The second kappa shape index (κ2) is 8.47. The van der Waals surface area contributed by atoms with Crippen LogP contribution in [0.5, 0.6) is 11.5 Å². The summed E-state index contributed by atoms with van der Waals surface area (Å²) in [5.74, 6) is 0.686. The molecule has 1 aliphatic carbocycles. The largest absolute Gasteiger partial charge is 0.497 e. The lowest BCUT2D eigenvalue weighted by Gasteiger charge is -2.24. The number of anilines is 1. The van der Waals surface area contributed by atoms with Crippen molar-refractivity contribution in [1.82, 2.24) is 4.98 Å². The SMILES string of the molecule is COc1ccc(NC(=O)c2cc3c([nH]c2=O)C[C@@H](c2ccc(OC)cc2)CC3=O)cc1. The van der Waals surface area contributed by atoms with Crippen LogP contribution in [-0.2, 0) is 6.42 Å². The molecule has 7 nitrogen and oxygen atoms in total. The van der Waals surface area contributed by atoms with Crippen LogP contribution in [0.3, 0.4) is 0 Å². The Kier molecular flexibility index (Phi) is 5.58. The van der Waals surface area contributed by atoms with Gasteiger partial charge in [-0.25, -0.2) is 0 Å². The number of fused-ring (bicyclic) bond motifs is 1. The third-order valence-corrected chi connectivity index (χ3v) is 5.49. The van der Waals surface area contributed by atoms with Gasteiger partial charge in [0.1, 0.15) is 17.1 Å².